The van der Waals surface area contributed by atoms with Crippen LogP contribution in [0.3, 0.4) is 0 Å². The van der Waals surface area contributed by atoms with Gasteiger partial charge in [0, 0.05) is 68.4 Å². The molecule has 56 heavy (non-hydrogen) atoms. The van der Waals surface area contributed by atoms with Gasteiger partial charge in [-0.25, -0.2) is 0 Å². The largest absolute Gasteiger partial charge is 0.508 e. The monoisotopic (exact) mass is 751 g/mol. The SMILES string of the molecule is O=C1CC[C@H](N2Cc3c(ccc4c3OC[C@H]3CN(CC5CCN(c6ccc([C@@H]7c8ccc(O)cc8CC[C@@H]7c7ccccc7)cc6)CC5)CCN43)C2=O)C(=O)N1. The van der Waals surface area contributed by atoms with Crippen LogP contribution in [0.4, 0.5) is 11.4 Å². The zero-order chi connectivity index (χ0) is 37.9. The fraction of sp³-hybridized carbons (Fsp3) is 0.413. The van der Waals surface area contributed by atoms with Crippen molar-refractivity contribution >= 4 is 29.1 Å². The van der Waals surface area contributed by atoms with Crippen LogP contribution in [-0.2, 0) is 22.6 Å². The number of hydrogen-bond donors (Lipinski definition) is 2. The van der Waals surface area contributed by atoms with E-state index in [1.807, 2.05) is 24.3 Å². The van der Waals surface area contributed by atoms with Gasteiger partial charge in [0.05, 0.1) is 18.3 Å². The minimum absolute atomic E-state index is 0.166. The Balaban J connectivity index is 0.758. The molecule has 288 valence electrons. The summed E-state index contributed by atoms with van der Waals surface area (Å²) in [6.07, 6.45) is 4.98. The summed E-state index contributed by atoms with van der Waals surface area (Å²) in [6, 6.07) is 29.7. The lowest BCUT2D eigenvalue weighted by Crippen LogP contribution is -2.58. The third-order valence-electron chi connectivity index (χ3n) is 13.5. The first-order chi connectivity index (χ1) is 27.4. The summed E-state index contributed by atoms with van der Waals surface area (Å²) >= 11 is 0. The van der Waals surface area contributed by atoms with Crippen molar-refractivity contribution in [2.24, 2.45) is 5.92 Å². The number of carbonyl (C=O) groups excluding carboxylic acids is 3. The predicted molar refractivity (Wildman–Crippen MR) is 214 cm³/mol. The number of phenols is 1. The van der Waals surface area contributed by atoms with Gasteiger partial charge in [-0.2, -0.15) is 0 Å². The Hall–Kier alpha value is -5.35. The summed E-state index contributed by atoms with van der Waals surface area (Å²) in [7, 11) is 0. The Morgan fingerprint density at radius 1 is 0.786 bits per heavy atom. The average molecular weight is 752 g/mol. The molecule has 2 N–H and O–H groups in total. The van der Waals surface area contributed by atoms with Crippen molar-refractivity contribution in [1.82, 2.24) is 15.1 Å². The maximum atomic E-state index is 13.4. The van der Waals surface area contributed by atoms with E-state index in [4.69, 9.17) is 4.74 Å². The van der Waals surface area contributed by atoms with Crippen LogP contribution in [0.2, 0.25) is 0 Å². The predicted octanol–water partition coefficient (Wildman–Crippen LogP) is 5.81. The van der Waals surface area contributed by atoms with Crippen LogP contribution in [0.15, 0.2) is 84.9 Å². The number of piperazine rings is 1. The Labute approximate surface area is 328 Å². The fourth-order valence-corrected chi connectivity index (χ4v) is 10.6. The molecule has 6 aliphatic rings. The zero-order valence-corrected chi connectivity index (χ0v) is 31.7. The minimum atomic E-state index is -0.633. The zero-order valence-electron chi connectivity index (χ0n) is 31.7. The van der Waals surface area contributed by atoms with Crippen LogP contribution in [0.25, 0.3) is 0 Å². The maximum Gasteiger partial charge on any atom is 0.255 e. The lowest BCUT2D eigenvalue weighted by atomic mass is 9.69. The van der Waals surface area contributed by atoms with Crippen molar-refractivity contribution in [1.29, 1.82) is 0 Å². The number of nitrogens with zero attached hydrogens (tertiary/aromatic N) is 4. The number of aryl methyl sites for hydroxylation is 1. The number of anilines is 2. The maximum absolute atomic E-state index is 13.4. The van der Waals surface area contributed by atoms with Crippen molar-refractivity contribution in [3.8, 4) is 11.5 Å². The summed E-state index contributed by atoms with van der Waals surface area (Å²) in [6.45, 7) is 6.96. The number of amides is 3. The van der Waals surface area contributed by atoms with E-state index < -0.39 is 11.9 Å². The summed E-state index contributed by atoms with van der Waals surface area (Å²) < 4.78 is 6.44. The molecule has 0 radical (unpaired) electrons. The van der Waals surface area contributed by atoms with E-state index in [1.54, 1.807) is 4.90 Å². The number of aromatic hydroxyl groups is 1. The molecule has 10 heteroatoms. The molecule has 4 aromatic carbocycles. The van der Waals surface area contributed by atoms with Crippen molar-refractivity contribution in [3.05, 3.63) is 118 Å². The first kappa shape index (κ1) is 35.1. The van der Waals surface area contributed by atoms with Crippen molar-refractivity contribution < 1.29 is 24.2 Å². The topological polar surface area (TPSA) is 106 Å². The lowest BCUT2D eigenvalue weighted by Gasteiger charge is -2.47. The molecule has 0 unspecified atom stereocenters. The summed E-state index contributed by atoms with van der Waals surface area (Å²) in [4.78, 5) is 46.9. The molecule has 3 saturated heterocycles. The average Bonchev–Trinajstić information content (AvgIpc) is 3.56. The molecular formula is C46H49N5O5. The van der Waals surface area contributed by atoms with E-state index in [9.17, 15) is 19.5 Å². The quantitative estimate of drug-likeness (QED) is 0.238. The molecule has 0 aromatic heterocycles. The third kappa shape index (κ3) is 6.28. The van der Waals surface area contributed by atoms with Gasteiger partial charge >= 0.3 is 0 Å². The Morgan fingerprint density at radius 3 is 2.41 bits per heavy atom. The highest BCUT2D eigenvalue weighted by Gasteiger charge is 2.43. The molecule has 1 aliphatic carbocycles. The second-order valence-corrected chi connectivity index (χ2v) is 16.7. The van der Waals surface area contributed by atoms with Gasteiger partial charge < -0.3 is 24.5 Å². The molecule has 10 rings (SSSR count). The summed E-state index contributed by atoms with van der Waals surface area (Å²) in [5.74, 6) is 1.59. The second-order valence-electron chi connectivity index (χ2n) is 16.7. The van der Waals surface area contributed by atoms with Crippen LogP contribution in [0, 0.1) is 5.92 Å². The molecule has 5 aliphatic heterocycles. The number of rotatable bonds is 6. The van der Waals surface area contributed by atoms with Crippen molar-refractivity contribution in [3.63, 3.8) is 0 Å². The van der Waals surface area contributed by atoms with Gasteiger partial charge in [0.25, 0.3) is 5.91 Å². The fourth-order valence-electron chi connectivity index (χ4n) is 10.6. The van der Waals surface area contributed by atoms with Crippen molar-refractivity contribution in [2.75, 3.05) is 55.7 Å². The Bertz CT molecular complexity index is 2170. The molecule has 0 spiro atoms. The molecule has 4 atom stereocenters. The smallest absolute Gasteiger partial charge is 0.255 e. The van der Waals surface area contributed by atoms with Crippen LogP contribution in [0.1, 0.15) is 82.1 Å². The Kier molecular flexibility index (Phi) is 8.96. The molecule has 3 fully saturated rings. The third-order valence-corrected chi connectivity index (χ3v) is 13.5. The van der Waals surface area contributed by atoms with E-state index in [2.05, 4.69) is 80.7 Å². The normalized spacial score (nSPS) is 25.2. The first-order valence-electron chi connectivity index (χ1n) is 20.5. The molecule has 4 aromatic rings. The molecule has 10 nitrogen and oxygen atoms in total. The molecule has 5 heterocycles. The number of fused-ring (bicyclic) bond motifs is 6. The van der Waals surface area contributed by atoms with Crippen molar-refractivity contribution in [2.45, 2.75) is 69.0 Å². The minimum Gasteiger partial charge on any atom is -0.508 e. The number of hydrogen-bond acceptors (Lipinski definition) is 8. The summed E-state index contributed by atoms with van der Waals surface area (Å²) in [5.41, 5.74) is 9.11. The number of phenolic OH excluding ortho intramolecular Hbond substituents is 1. The number of nitrogens with one attached hydrogen (secondary N) is 1. The Morgan fingerprint density at radius 2 is 1.61 bits per heavy atom. The van der Waals surface area contributed by atoms with E-state index >= 15 is 0 Å². The van der Waals surface area contributed by atoms with Gasteiger partial charge in [-0.1, -0.05) is 48.5 Å². The van der Waals surface area contributed by atoms with Crippen LogP contribution >= 0.6 is 0 Å². The highest BCUT2D eigenvalue weighted by Crippen LogP contribution is 2.48. The second kappa shape index (κ2) is 14.3. The summed E-state index contributed by atoms with van der Waals surface area (Å²) in [5, 5.41) is 12.6. The van der Waals surface area contributed by atoms with E-state index in [0.717, 1.165) is 69.1 Å². The number of benzene rings is 4. The number of imide groups is 1. The first-order valence-corrected chi connectivity index (χ1v) is 20.5. The molecule has 0 bridgehead atoms. The number of piperidine rings is 2. The van der Waals surface area contributed by atoms with E-state index in [-0.39, 0.29) is 30.2 Å². The molecule has 0 saturated carbocycles. The van der Waals surface area contributed by atoms with Crippen LogP contribution in [0.5, 0.6) is 11.5 Å². The lowest BCUT2D eigenvalue weighted by molar-refractivity contribution is -0.136. The van der Waals surface area contributed by atoms with Gasteiger partial charge in [-0.15, -0.1) is 0 Å². The van der Waals surface area contributed by atoms with Gasteiger partial charge in [0.2, 0.25) is 11.8 Å². The van der Waals surface area contributed by atoms with Crippen LogP contribution in [-0.4, -0.2) is 90.6 Å². The van der Waals surface area contributed by atoms with Gasteiger partial charge in [0.15, 0.2) is 0 Å². The van der Waals surface area contributed by atoms with Gasteiger partial charge in [-0.05, 0) is 103 Å². The number of ether oxygens (including phenoxy) is 1. The highest BCUT2D eigenvalue weighted by atomic mass is 16.5. The number of carbonyl (C=O) groups is 3. The molecule has 3 amide bonds. The van der Waals surface area contributed by atoms with Gasteiger partial charge in [0.1, 0.15) is 24.1 Å². The van der Waals surface area contributed by atoms with E-state index in [0.29, 0.717) is 42.7 Å². The standard InChI is InChI=1S/C46H49N5O5/c52-35-11-13-37-32(24-35)8-12-36(30-4-2-1-3-5-30)43(37)31-6-9-33(10-7-31)49-20-18-29(19-21-49)25-48-22-23-50-34(26-48)28-56-44-39-27-51(41-16-17-42(53)47-45(41)54)46(55)38(39)14-15-40(44)50/h1-7,9-11,13-15,24,29,34,36,41,43,52H,8,12,16-23,25-28H2,(H,47,53,54)/t34-,36-,41+,43+/m1/s1. The highest BCUT2D eigenvalue weighted by molar-refractivity contribution is 6.06. The van der Waals surface area contributed by atoms with Gasteiger partial charge in [-0.3, -0.25) is 24.6 Å². The van der Waals surface area contributed by atoms with Crippen LogP contribution < -0.4 is 19.9 Å². The van der Waals surface area contributed by atoms with E-state index in [1.165, 1.54) is 40.8 Å². The molecular weight excluding hydrogens is 703 g/mol.